The summed E-state index contributed by atoms with van der Waals surface area (Å²) >= 11 is 0. The summed E-state index contributed by atoms with van der Waals surface area (Å²) in [4.78, 5) is 2.43. The largest absolute Gasteiger partial charge is 0.493 e. The summed E-state index contributed by atoms with van der Waals surface area (Å²) in [6.45, 7) is 5.01. The molecule has 1 unspecified atom stereocenters. The summed E-state index contributed by atoms with van der Waals surface area (Å²) in [6.07, 6.45) is 1.12. The minimum Gasteiger partial charge on any atom is -0.493 e. The van der Waals surface area contributed by atoms with Crippen LogP contribution in [0.2, 0.25) is 0 Å². The van der Waals surface area contributed by atoms with Crippen LogP contribution >= 0.6 is 0 Å². The fraction of sp³-hybridized carbons (Fsp3) is 0.333. The maximum Gasteiger partial charge on any atom is 0.122 e. The van der Waals surface area contributed by atoms with Gasteiger partial charge >= 0.3 is 0 Å². The summed E-state index contributed by atoms with van der Waals surface area (Å²) in [7, 11) is 0. The van der Waals surface area contributed by atoms with Crippen LogP contribution in [0.25, 0.3) is 0 Å². The van der Waals surface area contributed by atoms with E-state index in [0.29, 0.717) is 5.92 Å². The molecule has 3 heteroatoms. The fourth-order valence-corrected chi connectivity index (χ4v) is 2.93. The molecule has 0 saturated heterocycles. The number of nitrogens with two attached hydrogens (primary N) is 1. The molecule has 1 aliphatic heterocycles. The molecule has 0 bridgehead atoms. The molecule has 0 aliphatic carbocycles. The lowest BCUT2D eigenvalue weighted by Crippen LogP contribution is -2.30. The van der Waals surface area contributed by atoms with E-state index in [9.17, 15) is 0 Å². The van der Waals surface area contributed by atoms with Gasteiger partial charge in [-0.3, -0.25) is 0 Å². The number of hydrogen-bond donors (Lipinski definition) is 1. The summed E-state index contributed by atoms with van der Waals surface area (Å²) < 4.78 is 5.80. The van der Waals surface area contributed by atoms with Gasteiger partial charge in [-0.05, 0) is 36.8 Å². The van der Waals surface area contributed by atoms with Gasteiger partial charge in [-0.15, -0.1) is 0 Å². The first kappa shape index (κ1) is 13.8. The van der Waals surface area contributed by atoms with E-state index in [1.807, 2.05) is 18.2 Å². The van der Waals surface area contributed by atoms with Gasteiger partial charge in [-0.1, -0.05) is 25.1 Å². The molecule has 0 fully saturated rings. The summed E-state index contributed by atoms with van der Waals surface area (Å²) in [5.41, 5.74) is 9.16. The van der Waals surface area contributed by atoms with Gasteiger partial charge < -0.3 is 15.4 Å². The highest BCUT2D eigenvalue weighted by Gasteiger charge is 2.25. The first-order valence-corrected chi connectivity index (χ1v) is 7.60. The first-order chi connectivity index (χ1) is 10.3. The number of para-hydroxylation sites is 1. The molecule has 21 heavy (non-hydrogen) atoms. The Morgan fingerprint density at radius 3 is 2.67 bits per heavy atom. The zero-order chi connectivity index (χ0) is 14.7. The number of benzene rings is 2. The molecule has 0 radical (unpaired) electrons. The third-order valence-corrected chi connectivity index (χ3v) is 3.99. The van der Waals surface area contributed by atoms with Gasteiger partial charge in [0.05, 0.1) is 6.61 Å². The van der Waals surface area contributed by atoms with Crippen molar-refractivity contribution in [2.75, 3.05) is 30.3 Å². The van der Waals surface area contributed by atoms with Crippen LogP contribution in [0.1, 0.15) is 24.8 Å². The lowest BCUT2D eigenvalue weighted by molar-refractivity contribution is 0.331. The average molecular weight is 282 g/mol. The predicted octanol–water partition coefficient (Wildman–Crippen LogP) is 3.66. The SMILES string of the molecule is CCCN(CC1COc2ccccc21)c1ccc(N)cc1. The summed E-state index contributed by atoms with van der Waals surface area (Å²) in [5, 5.41) is 0. The molecule has 0 amide bonds. The Hall–Kier alpha value is -2.16. The van der Waals surface area contributed by atoms with E-state index in [0.717, 1.165) is 37.6 Å². The minimum atomic E-state index is 0.435. The Bertz CT molecular complexity index is 594. The predicted molar refractivity (Wildman–Crippen MR) is 88.0 cm³/mol. The van der Waals surface area contributed by atoms with E-state index < -0.39 is 0 Å². The topological polar surface area (TPSA) is 38.5 Å². The lowest BCUT2D eigenvalue weighted by Gasteiger charge is -2.27. The van der Waals surface area contributed by atoms with Crippen molar-refractivity contribution in [3.63, 3.8) is 0 Å². The van der Waals surface area contributed by atoms with Crippen LogP contribution in [-0.4, -0.2) is 19.7 Å². The van der Waals surface area contributed by atoms with Gasteiger partial charge in [-0.2, -0.15) is 0 Å². The van der Waals surface area contributed by atoms with Crippen molar-refractivity contribution in [3.05, 3.63) is 54.1 Å². The number of nitrogen functional groups attached to an aromatic ring is 1. The van der Waals surface area contributed by atoms with Crippen molar-refractivity contribution < 1.29 is 4.74 Å². The summed E-state index contributed by atoms with van der Waals surface area (Å²) in [6, 6.07) is 16.5. The molecule has 2 aromatic rings. The van der Waals surface area contributed by atoms with Gasteiger partial charge in [0, 0.05) is 35.9 Å². The highest BCUT2D eigenvalue weighted by atomic mass is 16.5. The second-order valence-electron chi connectivity index (χ2n) is 5.58. The minimum absolute atomic E-state index is 0.435. The van der Waals surface area contributed by atoms with E-state index in [-0.39, 0.29) is 0 Å². The van der Waals surface area contributed by atoms with Crippen LogP contribution in [0.15, 0.2) is 48.5 Å². The number of nitrogens with zero attached hydrogens (tertiary/aromatic N) is 1. The molecule has 2 N–H and O–H groups in total. The Morgan fingerprint density at radius 1 is 1.14 bits per heavy atom. The van der Waals surface area contributed by atoms with Crippen molar-refractivity contribution in [3.8, 4) is 5.75 Å². The molecule has 0 aromatic heterocycles. The molecule has 0 saturated carbocycles. The second kappa shape index (κ2) is 6.08. The maximum absolute atomic E-state index is 5.80. The van der Waals surface area contributed by atoms with Gasteiger partial charge in [0.25, 0.3) is 0 Å². The molecule has 0 spiro atoms. The number of fused-ring (bicyclic) bond motifs is 1. The zero-order valence-electron chi connectivity index (χ0n) is 12.5. The second-order valence-corrected chi connectivity index (χ2v) is 5.58. The highest BCUT2D eigenvalue weighted by molar-refractivity contribution is 5.54. The Morgan fingerprint density at radius 2 is 1.90 bits per heavy atom. The molecule has 110 valence electrons. The third-order valence-electron chi connectivity index (χ3n) is 3.99. The molecule has 1 heterocycles. The molecular formula is C18H22N2O. The molecular weight excluding hydrogens is 260 g/mol. The maximum atomic E-state index is 5.80. The standard InChI is InChI=1S/C18H22N2O/c1-2-11-20(16-9-7-15(19)8-10-16)12-14-13-21-18-6-4-3-5-17(14)18/h3-10,14H,2,11-13,19H2,1H3. The van der Waals surface area contributed by atoms with E-state index in [1.165, 1.54) is 11.3 Å². The van der Waals surface area contributed by atoms with Crippen LogP contribution in [0.4, 0.5) is 11.4 Å². The van der Waals surface area contributed by atoms with E-state index >= 15 is 0 Å². The fourth-order valence-electron chi connectivity index (χ4n) is 2.93. The Kier molecular flexibility index (Phi) is 4.00. The van der Waals surface area contributed by atoms with Crippen LogP contribution in [0.5, 0.6) is 5.75 Å². The highest BCUT2D eigenvalue weighted by Crippen LogP contribution is 2.34. The number of anilines is 2. The van der Waals surface area contributed by atoms with E-state index in [4.69, 9.17) is 10.5 Å². The van der Waals surface area contributed by atoms with Crippen molar-refractivity contribution in [2.45, 2.75) is 19.3 Å². The number of ether oxygens (including phenoxy) is 1. The van der Waals surface area contributed by atoms with Crippen molar-refractivity contribution in [2.24, 2.45) is 0 Å². The lowest BCUT2D eigenvalue weighted by atomic mass is 10.0. The number of rotatable bonds is 5. The van der Waals surface area contributed by atoms with E-state index in [2.05, 4.69) is 42.2 Å². The van der Waals surface area contributed by atoms with Crippen molar-refractivity contribution >= 4 is 11.4 Å². The average Bonchev–Trinajstić information content (AvgIpc) is 2.91. The van der Waals surface area contributed by atoms with Crippen LogP contribution < -0.4 is 15.4 Å². The normalized spacial score (nSPS) is 16.3. The van der Waals surface area contributed by atoms with Gasteiger partial charge in [-0.25, -0.2) is 0 Å². The molecule has 3 nitrogen and oxygen atoms in total. The molecule has 1 aliphatic rings. The molecule has 2 aromatic carbocycles. The van der Waals surface area contributed by atoms with Crippen molar-refractivity contribution in [1.29, 1.82) is 0 Å². The van der Waals surface area contributed by atoms with Crippen LogP contribution in [0, 0.1) is 0 Å². The van der Waals surface area contributed by atoms with E-state index in [1.54, 1.807) is 0 Å². The van der Waals surface area contributed by atoms with Crippen LogP contribution in [-0.2, 0) is 0 Å². The van der Waals surface area contributed by atoms with Gasteiger partial charge in [0.15, 0.2) is 0 Å². The van der Waals surface area contributed by atoms with Gasteiger partial charge in [0.2, 0.25) is 0 Å². The quantitative estimate of drug-likeness (QED) is 0.851. The number of hydrogen-bond acceptors (Lipinski definition) is 3. The first-order valence-electron chi connectivity index (χ1n) is 7.60. The van der Waals surface area contributed by atoms with Crippen molar-refractivity contribution in [1.82, 2.24) is 0 Å². The van der Waals surface area contributed by atoms with Gasteiger partial charge in [0.1, 0.15) is 5.75 Å². The molecule has 1 atom stereocenters. The smallest absolute Gasteiger partial charge is 0.122 e. The monoisotopic (exact) mass is 282 g/mol. The van der Waals surface area contributed by atoms with Crippen LogP contribution in [0.3, 0.4) is 0 Å². The third kappa shape index (κ3) is 2.97. The molecule has 3 rings (SSSR count). The zero-order valence-corrected chi connectivity index (χ0v) is 12.5. The Labute approximate surface area is 126 Å². The summed E-state index contributed by atoms with van der Waals surface area (Å²) in [5.74, 6) is 1.47. The Balaban J connectivity index is 1.79.